The van der Waals surface area contributed by atoms with Gasteiger partial charge in [0, 0.05) is 17.6 Å². The van der Waals surface area contributed by atoms with Gasteiger partial charge in [-0.15, -0.1) is 0 Å². The molecule has 240 valence electrons. The predicted molar refractivity (Wildman–Crippen MR) is 185 cm³/mol. The molecule has 4 aromatic rings. The van der Waals surface area contributed by atoms with Gasteiger partial charge in [-0.1, -0.05) is 63.2 Å². The number of aromatic amines is 1. The van der Waals surface area contributed by atoms with Gasteiger partial charge in [-0.3, -0.25) is 4.79 Å². The van der Waals surface area contributed by atoms with Crippen LogP contribution >= 0.6 is 15.9 Å². The molecular formula is C35H44BrN3O5Si. The Hall–Kier alpha value is -3.47. The lowest BCUT2D eigenvalue weighted by molar-refractivity contribution is 0.0137. The van der Waals surface area contributed by atoms with Crippen molar-refractivity contribution in [2.24, 2.45) is 0 Å². The molecule has 0 fully saturated rings. The van der Waals surface area contributed by atoms with Crippen molar-refractivity contribution in [3.05, 3.63) is 105 Å². The highest BCUT2D eigenvalue weighted by atomic mass is 79.9. The zero-order valence-corrected chi connectivity index (χ0v) is 30.0. The zero-order valence-electron chi connectivity index (χ0n) is 27.4. The van der Waals surface area contributed by atoms with Crippen molar-refractivity contribution in [2.75, 3.05) is 6.54 Å². The van der Waals surface area contributed by atoms with Crippen LogP contribution in [0.3, 0.4) is 0 Å². The number of pyridine rings is 2. The van der Waals surface area contributed by atoms with Gasteiger partial charge in [0.2, 0.25) is 5.56 Å². The van der Waals surface area contributed by atoms with Crippen molar-refractivity contribution >= 4 is 41.2 Å². The van der Waals surface area contributed by atoms with E-state index < -0.39 is 26.1 Å². The fourth-order valence-electron chi connectivity index (χ4n) is 4.57. The van der Waals surface area contributed by atoms with Crippen molar-refractivity contribution in [1.29, 1.82) is 0 Å². The number of fused-ring (bicyclic) bond motifs is 1. The minimum atomic E-state index is -2.37. The van der Waals surface area contributed by atoms with E-state index in [9.17, 15) is 9.59 Å². The van der Waals surface area contributed by atoms with E-state index in [0.717, 1.165) is 22.1 Å². The monoisotopic (exact) mass is 693 g/mol. The number of hydrogen-bond donors (Lipinski definition) is 1. The van der Waals surface area contributed by atoms with Crippen molar-refractivity contribution < 1.29 is 18.7 Å². The molecule has 2 aromatic heterocycles. The maximum absolute atomic E-state index is 13.7. The summed E-state index contributed by atoms with van der Waals surface area (Å²) in [6.45, 7) is 17.3. The van der Waals surface area contributed by atoms with Gasteiger partial charge in [-0.2, -0.15) is 0 Å². The number of ether oxygens (including phenoxy) is 2. The van der Waals surface area contributed by atoms with Crippen LogP contribution in [-0.4, -0.2) is 41.4 Å². The maximum atomic E-state index is 13.7. The van der Waals surface area contributed by atoms with Gasteiger partial charge in [0.25, 0.3) is 0 Å². The third kappa shape index (κ3) is 9.28. The van der Waals surface area contributed by atoms with Crippen LogP contribution in [0.5, 0.6) is 5.75 Å². The summed E-state index contributed by atoms with van der Waals surface area (Å²) in [4.78, 5) is 35.3. The molecule has 4 rings (SSSR count). The third-order valence-corrected chi connectivity index (χ3v) is 12.9. The van der Waals surface area contributed by atoms with E-state index in [1.807, 2.05) is 75.4 Å². The second kappa shape index (κ2) is 13.9. The van der Waals surface area contributed by atoms with E-state index in [4.69, 9.17) is 13.9 Å². The molecule has 45 heavy (non-hydrogen) atoms. The summed E-state index contributed by atoms with van der Waals surface area (Å²) in [6.07, 6.45) is 0.762. The van der Waals surface area contributed by atoms with Crippen molar-refractivity contribution in [2.45, 2.75) is 84.5 Å². The Bertz CT molecular complexity index is 1660. The van der Waals surface area contributed by atoms with Gasteiger partial charge in [-0.25, -0.2) is 9.78 Å². The largest absolute Gasteiger partial charge is 0.487 e. The van der Waals surface area contributed by atoms with E-state index in [-0.39, 0.29) is 23.7 Å². The average molecular weight is 695 g/mol. The summed E-state index contributed by atoms with van der Waals surface area (Å²) in [5.74, 6) is 0.561. The Labute approximate surface area is 275 Å². The third-order valence-electron chi connectivity index (χ3n) is 7.92. The molecule has 1 N–H and O–H groups in total. The van der Waals surface area contributed by atoms with Crippen molar-refractivity contribution in [1.82, 2.24) is 14.9 Å². The molecule has 2 aromatic carbocycles. The molecule has 0 aliphatic carbocycles. The van der Waals surface area contributed by atoms with Crippen molar-refractivity contribution in [3.63, 3.8) is 0 Å². The van der Waals surface area contributed by atoms with Crippen LogP contribution in [0.2, 0.25) is 18.1 Å². The van der Waals surface area contributed by atoms with Crippen LogP contribution in [-0.2, 0) is 22.3 Å². The van der Waals surface area contributed by atoms with Crippen LogP contribution in [0.25, 0.3) is 10.9 Å². The fourth-order valence-corrected chi connectivity index (χ4v) is 6.07. The molecule has 0 aliphatic rings. The number of aromatic nitrogens is 2. The molecule has 8 nitrogen and oxygen atoms in total. The molecule has 0 spiro atoms. The SMILES string of the molecule is CC(C)(C)OC(=O)N(Cc1ccc(Br)nc1)C[C@H](O[Si](C)(C)C(C)(C)C)c1ccc(OCc2ccccc2)c2[nH]c(=O)ccc12. The normalized spacial score (nSPS) is 13.0. The average Bonchev–Trinajstić information content (AvgIpc) is 2.95. The van der Waals surface area contributed by atoms with Gasteiger partial charge in [0.15, 0.2) is 8.32 Å². The second-order valence-corrected chi connectivity index (χ2v) is 19.3. The highest BCUT2D eigenvalue weighted by molar-refractivity contribution is 9.10. The number of carbonyl (C=O) groups excluding carboxylic acids is 1. The Kier molecular flexibility index (Phi) is 10.6. The molecule has 0 radical (unpaired) electrons. The molecule has 0 bridgehead atoms. The first-order valence-electron chi connectivity index (χ1n) is 15.1. The van der Waals surface area contributed by atoms with Gasteiger partial charge < -0.3 is 23.8 Å². The van der Waals surface area contributed by atoms with Crippen LogP contribution in [0.4, 0.5) is 4.79 Å². The van der Waals surface area contributed by atoms with Crippen LogP contribution in [0, 0.1) is 0 Å². The van der Waals surface area contributed by atoms with E-state index in [1.165, 1.54) is 6.07 Å². The Morgan fingerprint density at radius 3 is 2.29 bits per heavy atom. The van der Waals surface area contributed by atoms with Gasteiger partial charge >= 0.3 is 6.09 Å². The topological polar surface area (TPSA) is 93.8 Å². The lowest BCUT2D eigenvalue weighted by atomic mass is 10.0. The van der Waals surface area contributed by atoms with E-state index in [2.05, 4.69) is 59.8 Å². The second-order valence-electron chi connectivity index (χ2n) is 13.8. The number of benzene rings is 2. The Balaban J connectivity index is 1.80. The Morgan fingerprint density at radius 1 is 0.956 bits per heavy atom. The summed E-state index contributed by atoms with van der Waals surface area (Å²) < 4.78 is 19.9. The van der Waals surface area contributed by atoms with Crippen LogP contribution in [0.1, 0.15) is 64.3 Å². The summed E-state index contributed by atoms with van der Waals surface area (Å²) in [7, 11) is -2.37. The summed E-state index contributed by atoms with van der Waals surface area (Å²) in [5, 5.41) is 0.693. The van der Waals surface area contributed by atoms with E-state index >= 15 is 0 Å². The Morgan fingerprint density at radius 2 is 1.67 bits per heavy atom. The molecule has 10 heteroatoms. The van der Waals surface area contributed by atoms with Gasteiger partial charge in [0.1, 0.15) is 22.6 Å². The van der Waals surface area contributed by atoms with Crippen LogP contribution in [0.15, 0.2) is 82.3 Å². The van der Waals surface area contributed by atoms with Gasteiger partial charge in [-0.05, 0) is 89.7 Å². The lowest BCUT2D eigenvalue weighted by Gasteiger charge is -2.41. The highest BCUT2D eigenvalue weighted by Gasteiger charge is 2.41. The minimum absolute atomic E-state index is 0.0967. The van der Waals surface area contributed by atoms with Gasteiger partial charge in [0.05, 0.1) is 24.7 Å². The number of H-pyrrole nitrogens is 1. The molecule has 0 unspecified atom stereocenters. The predicted octanol–water partition coefficient (Wildman–Crippen LogP) is 8.76. The summed E-state index contributed by atoms with van der Waals surface area (Å²) in [6, 6.07) is 20.8. The first kappa shape index (κ1) is 34.4. The van der Waals surface area contributed by atoms with Crippen LogP contribution < -0.4 is 10.3 Å². The summed E-state index contributed by atoms with van der Waals surface area (Å²) in [5.41, 5.74) is 2.38. The maximum Gasteiger partial charge on any atom is 0.410 e. The van der Waals surface area contributed by atoms with Crippen molar-refractivity contribution in [3.8, 4) is 5.75 Å². The zero-order chi connectivity index (χ0) is 33.0. The quantitative estimate of drug-likeness (QED) is 0.132. The number of nitrogens with one attached hydrogen (secondary N) is 1. The number of carbonyl (C=O) groups is 1. The number of nitrogens with zero attached hydrogens (tertiary/aromatic N) is 2. The molecule has 0 saturated carbocycles. The number of hydrogen-bond acceptors (Lipinski definition) is 6. The van der Waals surface area contributed by atoms with E-state index in [0.29, 0.717) is 22.5 Å². The smallest absolute Gasteiger partial charge is 0.410 e. The summed E-state index contributed by atoms with van der Waals surface area (Å²) >= 11 is 3.39. The molecule has 0 saturated heterocycles. The lowest BCUT2D eigenvalue weighted by Crippen LogP contribution is -2.45. The highest BCUT2D eigenvalue weighted by Crippen LogP contribution is 2.42. The standard InChI is InChI=1S/C35H44BrN3O5Si/c1-34(2,3)43-33(41)39(21-25-14-18-30(36)37-20-25)22-29(44-45(7,8)35(4,5)6)26-15-17-28(32-27(26)16-19-31(40)38-32)42-23-24-12-10-9-11-13-24/h9-20,29H,21-23H2,1-8H3,(H,38,40)/t29-/m0/s1. The fraction of sp³-hybridized carbons (Fsp3) is 0.400. The molecule has 1 atom stereocenters. The first-order chi connectivity index (χ1) is 21.0. The molecule has 2 heterocycles. The first-order valence-corrected chi connectivity index (χ1v) is 18.8. The molecule has 0 aliphatic heterocycles. The molecule has 1 amide bonds. The van der Waals surface area contributed by atoms with E-state index in [1.54, 1.807) is 17.2 Å². The number of amides is 1. The minimum Gasteiger partial charge on any atom is -0.487 e. The number of rotatable bonds is 10. The number of halogens is 1. The molecular weight excluding hydrogens is 650 g/mol.